The summed E-state index contributed by atoms with van der Waals surface area (Å²) in [7, 11) is 0. The van der Waals surface area contributed by atoms with Crippen LogP contribution in [0.5, 0.6) is 0 Å². The zero-order chi connectivity index (χ0) is 15.0. The first-order chi connectivity index (χ1) is 9.34. The predicted octanol–water partition coefficient (Wildman–Crippen LogP) is 3.32. The lowest BCUT2D eigenvalue weighted by atomic mass is 10.0. The topological polar surface area (TPSA) is 30.0 Å². The minimum Gasteiger partial charge on any atom is -0.287 e. The van der Waals surface area contributed by atoms with Crippen LogP contribution in [0.3, 0.4) is 0 Å². The van der Waals surface area contributed by atoms with Gasteiger partial charge in [-0.05, 0) is 19.1 Å². The highest BCUT2D eigenvalue weighted by atomic mass is 19.2. The van der Waals surface area contributed by atoms with Crippen molar-refractivity contribution >= 4 is 5.78 Å². The molecule has 1 heterocycles. The van der Waals surface area contributed by atoms with Crippen LogP contribution in [-0.2, 0) is 0 Å². The molecular weight excluding hydrogens is 281 g/mol. The SMILES string of the molecule is Cc1cccc(C(=O)c2c(F)c(F)c(F)c(F)c2F)n1. The molecule has 0 fully saturated rings. The molecule has 20 heavy (non-hydrogen) atoms. The third kappa shape index (κ3) is 2.15. The highest BCUT2D eigenvalue weighted by Gasteiger charge is 2.30. The van der Waals surface area contributed by atoms with Crippen molar-refractivity contribution in [3.63, 3.8) is 0 Å². The molecule has 2 aromatic rings. The van der Waals surface area contributed by atoms with Crippen molar-refractivity contribution in [2.75, 3.05) is 0 Å². The van der Waals surface area contributed by atoms with E-state index >= 15 is 0 Å². The summed E-state index contributed by atoms with van der Waals surface area (Å²) in [6.45, 7) is 1.51. The van der Waals surface area contributed by atoms with Gasteiger partial charge in [-0.1, -0.05) is 6.07 Å². The number of nitrogens with zero attached hydrogens (tertiary/aromatic N) is 1. The molecular formula is C13H6F5NO. The number of hydrogen-bond acceptors (Lipinski definition) is 2. The first kappa shape index (κ1) is 14.1. The van der Waals surface area contributed by atoms with E-state index in [-0.39, 0.29) is 0 Å². The Bertz CT molecular complexity index is 685. The molecule has 2 nitrogen and oxygen atoms in total. The maximum absolute atomic E-state index is 13.5. The smallest absolute Gasteiger partial charge is 0.217 e. The number of ketones is 1. The maximum atomic E-state index is 13.5. The minimum absolute atomic E-state index is 0.361. The fraction of sp³-hybridized carbons (Fsp3) is 0.0769. The van der Waals surface area contributed by atoms with Gasteiger partial charge in [-0.15, -0.1) is 0 Å². The van der Waals surface area contributed by atoms with Crippen molar-refractivity contribution in [1.82, 2.24) is 4.98 Å². The average Bonchev–Trinajstić information content (AvgIpc) is 2.43. The van der Waals surface area contributed by atoms with Gasteiger partial charge in [0.1, 0.15) is 11.3 Å². The van der Waals surface area contributed by atoms with Gasteiger partial charge in [-0.2, -0.15) is 0 Å². The van der Waals surface area contributed by atoms with E-state index in [0.717, 1.165) is 6.07 Å². The van der Waals surface area contributed by atoms with Crippen LogP contribution >= 0.6 is 0 Å². The molecule has 0 radical (unpaired) electrons. The Hall–Kier alpha value is -2.31. The van der Waals surface area contributed by atoms with Crippen molar-refractivity contribution in [2.45, 2.75) is 6.92 Å². The number of hydrogen-bond donors (Lipinski definition) is 0. The molecule has 0 spiro atoms. The molecule has 7 heteroatoms. The van der Waals surface area contributed by atoms with Crippen molar-refractivity contribution in [2.24, 2.45) is 0 Å². The van der Waals surface area contributed by atoms with Gasteiger partial charge < -0.3 is 0 Å². The molecule has 1 aromatic carbocycles. The number of rotatable bonds is 2. The van der Waals surface area contributed by atoms with E-state index in [9.17, 15) is 26.7 Å². The zero-order valence-corrected chi connectivity index (χ0v) is 9.98. The number of pyridine rings is 1. The second-order valence-electron chi connectivity index (χ2n) is 3.94. The fourth-order valence-corrected chi connectivity index (χ4v) is 1.60. The van der Waals surface area contributed by atoms with Crippen LogP contribution in [0.25, 0.3) is 0 Å². The van der Waals surface area contributed by atoms with Crippen LogP contribution in [-0.4, -0.2) is 10.8 Å². The van der Waals surface area contributed by atoms with Gasteiger partial charge >= 0.3 is 0 Å². The fourth-order valence-electron chi connectivity index (χ4n) is 1.60. The summed E-state index contributed by atoms with van der Waals surface area (Å²) in [5.74, 6) is -12.4. The van der Waals surface area contributed by atoms with Crippen molar-refractivity contribution in [1.29, 1.82) is 0 Å². The standard InChI is InChI=1S/C13H6F5NO/c1-5-3-2-4-6(19-5)13(20)7-8(14)10(16)12(18)11(17)9(7)15/h2-4H,1H3. The molecule has 0 aliphatic rings. The normalized spacial score (nSPS) is 10.7. The molecule has 104 valence electrons. The molecule has 0 amide bonds. The second kappa shape index (κ2) is 4.99. The molecule has 0 unspecified atom stereocenters. The van der Waals surface area contributed by atoms with Crippen molar-refractivity contribution in [3.8, 4) is 0 Å². The Morgan fingerprint density at radius 1 is 0.900 bits per heavy atom. The van der Waals surface area contributed by atoms with E-state index in [0.29, 0.717) is 5.69 Å². The molecule has 2 rings (SSSR count). The van der Waals surface area contributed by atoms with E-state index in [1.54, 1.807) is 0 Å². The Kier molecular flexibility index (Phi) is 3.52. The van der Waals surface area contributed by atoms with Gasteiger partial charge in [0.25, 0.3) is 0 Å². The average molecular weight is 287 g/mol. The molecule has 1 aromatic heterocycles. The first-order valence-electron chi connectivity index (χ1n) is 5.34. The molecule has 0 N–H and O–H groups in total. The highest BCUT2D eigenvalue weighted by molar-refractivity contribution is 6.08. The van der Waals surface area contributed by atoms with Gasteiger partial charge in [-0.25, -0.2) is 26.9 Å². The van der Waals surface area contributed by atoms with E-state index in [1.807, 2.05) is 0 Å². The Labute approximate surface area is 109 Å². The van der Waals surface area contributed by atoms with Crippen molar-refractivity contribution < 1.29 is 26.7 Å². The number of carbonyl (C=O) groups excluding carboxylic acids is 1. The van der Waals surface area contributed by atoms with Crippen LogP contribution in [0.15, 0.2) is 18.2 Å². The van der Waals surface area contributed by atoms with Crippen LogP contribution in [0.2, 0.25) is 0 Å². The Morgan fingerprint density at radius 3 is 1.90 bits per heavy atom. The second-order valence-corrected chi connectivity index (χ2v) is 3.94. The van der Waals surface area contributed by atoms with E-state index < -0.39 is 46.1 Å². The van der Waals surface area contributed by atoms with E-state index in [4.69, 9.17) is 0 Å². The summed E-state index contributed by atoms with van der Waals surface area (Å²) in [6, 6.07) is 4.00. The van der Waals surface area contributed by atoms with Gasteiger partial charge in [0.05, 0.1) is 0 Å². The van der Waals surface area contributed by atoms with E-state index in [2.05, 4.69) is 4.98 Å². The Balaban J connectivity index is 2.67. The molecule has 0 aliphatic carbocycles. The summed E-state index contributed by atoms with van der Waals surface area (Å²) in [6.07, 6.45) is 0. The highest BCUT2D eigenvalue weighted by Crippen LogP contribution is 2.24. The van der Waals surface area contributed by atoms with Crippen LogP contribution in [0.1, 0.15) is 21.7 Å². The van der Waals surface area contributed by atoms with Gasteiger partial charge in [0.2, 0.25) is 11.6 Å². The quantitative estimate of drug-likeness (QED) is 0.367. The molecule has 0 saturated heterocycles. The minimum atomic E-state index is -2.31. The summed E-state index contributed by atoms with van der Waals surface area (Å²) in [5, 5.41) is 0. The van der Waals surface area contributed by atoms with Gasteiger partial charge in [-0.3, -0.25) is 4.79 Å². The van der Waals surface area contributed by atoms with Crippen molar-refractivity contribution in [3.05, 3.63) is 64.2 Å². The number of benzene rings is 1. The summed E-state index contributed by atoms with van der Waals surface area (Å²) >= 11 is 0. The predicted molar refractivity (Wildman–Crippen MR) is 58.6 cm³/mol. The lowest BCUT2D eigenvalue weighted by molar-refractivity contribution is 0.102. The lowest BCUT2D eigenvalue weighted by Crippen LogP contribution is -2.14. The van der Waals surface area contributed by atoms with Crippen LogP contribution in [0.4, 0.5) is 22.0 Å². The van der Waals surface area contributed by atoms with E-state index in [1.165, 1.54) is 19.1 Å². The molecule has 0 aliphatic heterocycles. The molecule has 0 saturated carbocycles. The maximum Gasteiger partial charge on any atom is 0.217 e. The number of aryl methyl sites for hydroxylation is 1. The Morgan fingerprint density at radius 2 is 1.40 bits per heavy atom. The van der Waals surface area contributed by atoms with Gasteiger partial charge in [0.15, 0.2) is 23.3 Å². The summed E-state index contributed by atoms with van der Waals surface area (Å²) < 4.78 is 65.9. The molecule has 0 atom stereocenters. The van der Waals surface area contributed by atoms with Gasteiger partial charge in [0, 0.05) is 5.69 Å². The first-order valence-corrected chi connectivity index (χ1v) is 5.34. The summed E-state index contributed by atoms with van der Waals surface area (Å²) in [4.78, 5) is 15.5. The monoisotopic (exact) mass is 287 g/mol. The molecule has 0 bridgehead atoms. The third-order valence-electron chi connectivity index (χ3n) is 2.56. The summed E-state index contributed by atoms with van der Waals surface area (Å²) in [5.41, 5.74) is -1.56. The number of aromatic nitrogens is 1. The third-order valence-corrected chi connectivity index (χ3v) is 2.56. The lowest BCUT2D eigenvalue weighted by Gasteiger charge is -2.07. The van der Waals surface area contributed by atoms with Crippen LogP contribution < -0.4 is 0 Å². The largest absolute Gasteiger partial charge is 0.287 e. The van der Waals surface area contributed by atoms with Crippen LogP contribution in [0, 0.1) is 36.0 Å². The number of carbonyl (C=O) groups is 1. The number of halogens is 5. The zero-order valence-electron chi connectivity index (χ0n) is 9.98.